The smallest absolute Gasteiger partial charge is 0.135 e. The zero-order valence-electron chi connectivity index (χ0n) is 19.9. The van der Waals surface area contributed by atoms with E-state index >= 15 is 0 Å². The third kappa shape index (κ3) is 5.61. The molecule has 0 aliphatic carbocycles. The molecule has 0 amide bonds. The first-order chi connectivity index (χ1) is 16.2. The number of ether oxygens (including phenoxy) is 1. The number of aliphatic imine (C=N–C) groups is 1. The van der Waals surface area contributed by atoms with Crippen LogP contribution < -0.4 is 0 Å². The number of benzene rings is 3. The van der Waals surface area contributed by atoms with Crippen molar-refractivity contribution in [2.45, 2.75) is 38.8 Å². The fourth-order valence-electron chi connectivity index (χ4n) is 4.42. The first-order valence-electron chi connectivity index (χ1n) is 11.9. The fraction of sp³-hybridized carbons (Fsp3) is 0.300. The Morgan fingerprint density at radius 2 is 1.52 bits per heavy atom. The molecular weight excluding hydrogens is 404 g/mol. The Hall–Kier alpha value is -3.17. The van der Waals surface area contributed by atoms with Gasteiger partial charge in [0.15, 0.2) is 0 Å². The van der Waals surface area contributed by atoms with Crippen molar-refractivity contribution in [1.29, 1.82) is 0 Å². The number of methoxy groups -OCH3 is 1. The van der Waals surface area contributed by atoms with Crippen molar-refractivity contribution in [2.75, 3.05) is 13.7 Å². The highest BCUT2D eigenvalue weighted by Gasteiger charge is 2.29. The largest absolute Gasteiger partial charge is 0.382 e. The predicted molar refractivity (Wildman–Crippen MR) is 138 cm³/mol. The van der Waals surface area contributed by atoms with Crippen molar-refractivity contribution < 1.29 is 4.74 Å². The van der Waals surface area contributed by atoms with E-state index in [0.29, 0.717) is 12.5 Å². The summed E-state index contributed by atoms with van der Waals surface area (Å²) in [6.45, 7) is 5.03. The summed E-state index contributed by atoms with van der Waals surface area (Å²) >= 11 is 0. The molecule has 0 bridgehead atoms. The van der Waals surface area contributed by atoms with E-state index in [-0.39, 0.29) is 12.1 Å². The Kier molecular flexibility index (Phi) is 7.74. The van der Waals surface area contributed by atoms with Crippen LogP contribution in [0.4, 0.5) is 0 Å². The van der Waals surface area contributed by atoms with E-state index in [2.05, 4.69) is 116 Å². The van der Waals surface area contributed by atoms with Crippen LogP contribution in [-0.2, 0) is 4.74 Å². The first kappa shape index (κ1) is 23.0. The lowest BCUT2D eigenvalue weighted by Gasteiger charge is -2.37. The summed E-state index contributed by atoms with van der Waals surface area (Å²) in [5, 5.41) is 0. The number of rotatable bonds is 7. The molecule has 0 N–H and O–H groups in total. The molecule has 4 rings (SSSR count). The van der Waals surface area contributed by atoms with Gasteiger partial charge in [-0.15, -0.1) is 0 Å². The maximum Gasteiger partial charge on any atom is 0.135 e. The minimum absolute atomic E-state index is 0.0807. The summed E-state index contributed by atoms with van der Waals surface area (Å²) in [5.74, 6) is 1.38. The van der Waals surface area contributed by atoms with E-state index < -0.39 is 0 Å². The molecule has 0 aromatic heterocycles. The van der Waals surface area contributed by atoms with Gasteiger partial charge in [0.1, 0.15) is 5.84 Å². The molecule has 3 aromatic carbocycles. The Labute approximate surface area is 198 Å². The van der Waals surface area contributed by atoms with Crippen molar-refractivity contribution in [1.82, 2.24) is 4.90 Å². The number of hydrogen-bond acceptors (Lipinski definition) is 2. The lowest BCUT2D eigenvalue weighted by molar-refractivity contribution is 0.164. The van der Waals surface area contributed by atoms with Gasteiger partial charge in [-0.1, -0.05) is 105 Å². The van der Waals surface area contributed by atoms with Gasteiger partial charge >= 0.3 is 0 Å². The molecule has 2 atom stereocenters. The number of hydrogen-bond donors (Lipinski definition) is 0. The van der Waals surface area contributed by atoms with Gasteiger partial charge in [0.2, 0.25) is 0 Å². The van der Waals surface area contributed by atoms with Gasteiger partial charge in [-0.3, -0.25) is 4.99 Å². The molecule has 1 aliphatic heterocycles. The highest BCUT2D eigenvalue weighted by Crippen LogP contribution is 2.37. The molecule has 3 nitrogen and oxygen atoms in total. The van der Waals surface area contributed by atoms with Crippen molar-refractivity contribution in [3.8, 4) is 0 Å². The highest BCUT2D eigenvalue weighted by molar-refractivity contribution is 6.00. The van der Waals surface area contributed by atoms with Crippen LogP contribution in [0.1, 0.15) is 49.4 Å². The third-order valence-corrected chi connectivity index (χ3v) is 6.32. The topological polar surface area (TPSA) is 24.8 Å². The molecule has 0 spiro atoms. The van der Waals surface area contributed by atoms with E-state index in [4.69, 9.17) is 9.73 Å². The molecule has 0 saturated carbocycles. The second-order valence-electron chi connectivity index (χ2n) is 8.98. The summed E-state index contributed by atoms with van der Waals surface area (Å²) in [7, 11) is 1.76. The Morgan fingerprint density at radius 3 is 2.12 bits per heavy atom. The zero-order chi connectivity index (χ0) is 23.0. The van der Waals surface area contributed by atoms with E-state index in [9.17, 15) is 0 Å². The maximum atomic E-state index is 5.55. The minimum Gasteiger partial charge on any atom is -0.382 e. The first-order valence-corrected chi connectivity index (χ1v) is 11.9. The van der Waals surface area contributed by atoms with Crippen LogP contribution >= 0.6 is 0 Å². The normalized spacial score (nSPS) is 17.7. The predicted octanol–water partition coefficient (Wildman–Crippen LogP) is 6.98. The molecule has 3 heteroatoms. The minimum atomic E-state index is 0.0807. The summed E-state index contributed by atoms with van der Waals surface area (Å²) in [6, 6.07) is 32.4. The van der Waals surface area contributed by atoms with Gasteiger partial charge < -0.3 is 9.64 Å². The number of allylic oxidation sites excluding steroid dienone is 1. The van der Waals surface area contributed by atoms with Crippen LogP contribution in [0.15, 0.2) is 102 Å². The van der Waals surface area contributed by atoms with Crippen molar-refractivity contribution in [2.24, 2.45) is 10.9 Å². The molecule has 0 fully saturated rings. The maximum absolute atomic E-state index is 5.55. The molecular formula is C30H34N2O. The van der Waals surface area contributed by atoms with Crippen molar-refractivity contribution in [3.63, 3.8) is 0 Å². The van der Waals surface area contributed by atoms with Crippen molar-refractivity contribution >= 4 is 11.4 Å². The fourth-order valence-corrected chi connectivity index (χ4v) is 4.42. The molecule has 1 heterocycles. The van der Waals surface area contributed by atoms with E-state index in [1.807, 2.05) is 0 Å². The molecule has 0 saturated heterocycles. The van der Waals surface area contributed by atoms with Gasteiger partial charge in [-0.05, 0) is 35.5 Å². The van der Waals surface area contributed by atoms with E-state index in [1.54, 1.807) is 7.11 Å². The lowest BCUT2D eigenvalue weighted by Crippen LogP contribution is -2.36. The lowest BCUT2D eigenvalue weighted by atomic mass is 9.90. The van der Waals surface area contributed by atoms with Crippen LogP contribution in [-0.4, -0.2) is 30.5 Å². The standard InChI is InChI=1S/C30H34N2O/c1-23(2)28(22-33-3)31-30(26-17-11-6-12-18-26)32-21-27(24-13-7-4-8-14-24)19-20-29(32)25-15-9-5-10-16-25/h4-18,21,23,28-29H,19-20,22H2,1-3H3/t28-,29+/m1/s1. The van der Waals surface area contributed by atoms with Crippen LogP contribution in [0.3, 0.4) is 0 Å². The summed E-state index contributed by atoms with van der Waals surface area (Å²) in [6.07, 6.45) is 4.40. The Morgan fingerprint density at radius 1 is 0.909 bits per heavy atom. The molecule has 0 radical (unpaired) electrons. The second kappa shape index (κ2) is 11.1. The van der Waals surface area contributed by atoms with E-state index in [1.165, 1.54) is 16.7 Å². The quantitative estimate of drug-likeness (QED) is 0.293. The van der Waals surface area contributed by atoms with Crippen molar-refractivity contribution in [3.05, 3.63) is 114 Å². The third-order valence-electron chi connectivity index (χ3n) is 6.32. The van der Waals surface area contributed by atoms with Crippen LogP contribution in [0.2, 0.25) is 0 Å². The van der Waals surface area contributed by atoms with Gasteiger partial charge in [0.05, 0.1) is 18.7 Å². The average Bonchev–Trinajstić information content (AvgIpc) is 2.87. The highest BCUT2D eigenvalue weighted by atomic mass is 16.5. The van der Waals surface area contributed by atoms with Crippen LogP contribution in [0.25, 0.3) is 5.57 Å². The second-order valence-corrected chi connectivity index (χ2v) is 8.98. The summed E-state index contributed by atoms with van der Waals surface area (Å²) in [5.41, 5.74) is 5.07. The Balaban J connectivity index is 1.86. The average molecular weight is 439 g/mol. The van der Waals surface area contributed by atoms with Gasteiger partial charge in [-0.2, -0.15) is 0 Å². The molecule has 170 valence electrons. The molecule has 0 unspecified atom stereocenters. The van der Waals surface area contributed by atoms with Gasteiger partial charge in [0, 0.05) is 18.9 Å². The number of amidine groups is 1. The Bertz CT molecular complexity index is 1060. The summed E-state index contributed by atoms with van der Waals surface area (Å²) in [4.78, 5) is 7.74. The van der Waals surface area contributed by atoms with E-state index in [0.717, 1.165) is 24.2 Å². The molecule has 1 aliphatic rings. The SMILES string of the molecule is COC[C@@H](N=C(c1ccccc1)N1C=C(c2ccccc2)CC[C@H]1c1ccccc1)C(C)C. The summed E-state index contributed by atoms with van der Waals surface area (Å²) < 4.78 is 5.55. The number of nitrogens with zero attached hydrogens (tertiary/aromatic N) is 2. The molecule has 33 heavy (non-hydrogen) atoms. The zero-order valence-corrected chi connectivity index (χ0v) is 19.9. The van der Waals surface area contributed by atoms with Crippen LogP contribution in [0.5, 0.6) is 0 Å². The van der Waals surface area contributed by atoms with Gasteiger partial charge in [-0.25, -0.2) is 0 Å². The van der Waals surface area contributed by atoms with Crippen LogP contribution in [0, 0.1) is 5.92 Å². The van der Waals surface area contributed by atoms with Gasteiger partial charge in [0.25, 0.3) is 0 Å². The molecule has 3 aromatic rings. The monoisotopic (exact) mass is 438 g/mol.